The van der Waals surface area contributed by atoms with Crippen LogP contribution in [0.2, 0.25) is 0 Å². The second-order valence-electron chi connectivity index (χ2n) is 3.84. The fraction of sp³-hybridized carbons (Fsp3) is 0.778. The van der Waals surface area contributed by atoms with Crippen molar-refractivity contribution in [1.82, 2.24) is 4.90 Å². The van der Waals surface area contributed by atoms with E-state index in [0.717, 1.165) is 4.90 Å². The molecule has 1 fully saturated rings. The lowest BCUT2D eigenvalue weighted by molar-refractivity contribution is -0.167. The highest BCUT2D eigenvalue weighted by Gasteiger charge is 2.42. The van der Waals surface area contributed by atoms with E-state index in [1.807, 2.05) is 0 Å². The number of carboxylic acids is 1. The lowest BCUT2D eigenvalue weighted by Gasteiger charge is -2.26. The van der Waals surface area contributed by atoms with Gasteiger partial charge in [0.15, 0.2) is 0 Å². The summed E-state index contributed by atoms with van der Waals surface area (Å²) in [7, 11) is 0. The second-order valence-corrected chi connectivity index (χ2v) is 3.84. The fourth-order valence-corrected chi connectivity index (χ4v) is 1.47. The summed E-state index contributed by atoms with van der Waals surface area (Å²) in [4.78, 5) is 22.8. The van der Waals surface area contributed by atoms with Gasteiger partial charge in [-0.25, -0.2) is 4.79 Å². The summed E-state index contributed by atoms with van der Waals surface area (Å²) in [6.07, 6.45) is -5.05. The zero-order chi connectivity index (χ0) is 12.5. The van der Waals surface area contributed by atoms with Crippen molar-refractivity contribution in [2.24, 2.45) is 0 Å². The molecule has 0 aliphatic heterocycles. The van der Waals surface area contributed by atoms with Crippen LogP contribution < -0.4 is 0 Å². The molecule has 4 nitrogen and oxygen atoms in total. The van der Waals surface area contributed by atoms with E-state index >= 15 is 0 Å². The van der Waals surface area contributed by atoms with E-state index in [9.17, 15) is 22.8 Å². The summed E-state index contributed by atoms with van der Waals surface area (Å²) in [5, 5.41) is 8.70. The minimum atomic E-state index is -4.59. The molecule has 1 atom stereocenters. The van der Waals surface area contributed by atoms with Gasteiger partial charge in [-0.3, -0.25) is 4.79 Å². The molecule has 0 saturated heterocycles. The van der Waals surface area contributed by atoms with E-state index in [1.165, 1.54) is 6.92 Å². The SMILES string of the molecule is CC(C(=O)O)N(C(=O)CC(F)(F)F)C1CC1. The number of alkyl halides is 3. The van der Waals surface area contributed by atoms with Crippen LogP contribution in [0.5, 0.6) is 0 Å². The highest BCUT2D eigenvalue weighted by molar-refractivity contribution is 5.84. The lowest BCUT2D eigenvalue weighted by Crippen LogP contribution is -2.46. The molecule has 1 rings (SSSR count). The summed E-state index contributed by atoms with van der Waals surface area (Å²) < 4.78 is 36.1. The molecular formula is C9H12F3NO3. The van der Waals surface area contributed by atoms with Crippen molar-refractivity contribution >= 4 is 11.9 Å². The zero-order valence-corrected chi connectivity index (χ0v) is 8.62. The Hall–Kier alpha value is -1.27. The van der Waals surface area contributed by atoms with Crippen molar-refractivity contribution in [3.05, 3.63) is 0 Å². The van der Waals surface area contributed by atoms with Crippen molar-refractivity contribution in [1.29, 1.82) is 0 Å². The number of amides is 1. The third kappa shape index (κ3) is 3.39. The van der Waals surface area contributed by atoms with Crippen molar-refractivity contribution < 1.29 is 27.9 Å². The van der Waals surface area contributed by atoms with Gasteiger partial charge in [-0.1, -0.05) is 0 Å². The average molecular weight is 239 g/mol. The molecule has 0 bridgehead atoms. The monoisotopic (exact) mass is 239 g/mol. The van der Waals surface area contributed by atoms with Crippen LogP contribution >= 0.6 is 0 Å². The fourth-order valence-electron chi connectivity index (χ4n) is 1.47. The summed E-state index contributed by atoms with van der Waals surface area (Å²) >= 11 is 0. The van der Waals surface area contributed by atoms with Gasteiger partial charge in [0.25, 0.3) is 0 Å². The van der Waals surface area contributed by atoms with Gasteiger partial charge < -0.3 is 10.0 Å². The van der Waals surface area contributed by atoms with Crippen LogP contribution in [0.4, 0.5) is 13.2 Å². The first-order chi connectivity index (χ1) is 7.22. The van der Waals surface area contributed by atoms with Crippen LogP contribution in [0.3, 0.4) is 0 Å². The van der Waals surface area contributed by atoms with Crippen LogP contribution in [0.25, 0.3) is 0 Å². The third-order valence-corrected chi connectivity index (χ3v) is 2.35. The third-order valence-electron chi connectivity index (χ3n) is 2.35. The van der Waals surface area contributed by atoms with E-state index in [1.54, 1.807) is 0 Å². The Balaban J connectivity index is 2.70. The van der Waals surface area contributed by atoms with Crippen molar-refractivity contribution in [2.45, 2.75) is 44.4 Å². The summed E-state index contributed by atoms with van der Waals surface area (Å²) in [6.45, 7) is 1.22. The molecule has 1 N–H and O–H groups in total. The number of rotatable bonds is 4. The molecule has 92 valence electrons. The number of hydrogen-bond donors (Lipinski definition) is 1. The first-order valence-electron chi connectivity index (χ1n) is 4.83. The van der Waals surface area contributed by atoms with Gasteiger partial charge >= 0.3 is 12.1 Å². The van der Waals surface area contributed by atoms with Crippen molar-refractivity contribution in [2.75, 3.05) is 0 Å². The van der Waals surface area contributed by atoms with E-state index in [-0.39, 0.29) is 6.04 Å². The Morgan fingerprint density at radius 1 is 1.44 bits per heavy atom. The van der Waals surface area contributed by atoms with Gasteiger partial charge in [-0.05, 0) is 19.8 Å². The van der Waals surface area contributed by atoms with E-state index in [2.05, 4.69) is 0 Å². The minimum absolute atomic E-state index is 0.346. The molecule has 1 aliphatic carbocycles. The number of halogens is 3. The highest BCUT2D eigenvalue weighted by atomic mass is 19.4. The second kappa shape index (κ2) is 4.31. The smallest absolute Gasteiger partial charge is 0.397 e. The Bertz CT molecular complexity index is 299. The predicted molar refractivity (Wildman–Crippen MR) is 47.6 cm³/mol. The molecule has 7 heteroatoms. The van der Waals surface area contributed by atoms with Gasteiger partial charge in [0.2, 0.25) is 5.91 Å². The van der Waals surface area contributed by atoms with Gasteiger partial charge in [0, 0.05) is 6.04 Å². The molecule has 0 spiro atoms. The maximum Gasteiger partial charge on any atom is 0.397 e. The van der Waals surface area contributed by atoms with Gasteiger partial charge in [0.1, 0.15) is 12.5 Å². The van der Waals surface area contributed by atoms with E-state index < -0.39 is 30.5 Å². The number of carbonyl (C=O) groups excluding carboxylic acids is 1. The Kier molecular flexibility index (Phi) is 3.44. The molecule has 0 heterocycles. The molecule has 0 radical (unpaired) electrons. The highest BCUT2D eigenvalue weighted by Crippen LogP contribution is 2.31. The van der Waals surface area contributed by atoms with E-state index in [4.69, 9.17) is 5.11 Å². The maximum atomic E-state index is 12.0. The average Bonchev–Trinajstić information content (AvgIpc) is 2.84. The first kappa shape index (κ1) is 12.8. The summed E-state index contributed by atoms with van der Waals surface area (Å²) in [6, 6.07) is -1.55. The Labute approximate surface area is 90.0 Å². The Morgan fingerprint density at radius 2 is 1.94 bits per heavy atom. The molecule has 0 aromatic carbocycles. The summed E-state index contributed by atoms with van der Waals surface area (Å²) in [5.41, 5.74) is 0. The quantitative estimate of drug-likeness (QED) is 0.806. The number of hydrogen-bond acceptors (Lipinski definition) is 2. The van der Waals surface area contributed by atoms with Crippen LogP contribution in [-0.4, -0.2) is 40.1 Å². The minimum Gasteiger partial charge on any atom is -0.480 e. The zero-order valence-electron chi connectivity index (χ0n) is 8.62. The number of aliphatic carboxylic acids is 1. The van der Waals surface area contributed by atoms with Crippen molar-refractivity contribution in [3.63, 3.8) is 0 Å². The van der Waals surface area contributed by atoms with Gasteiger partial charge in [-0.15, -0.1) is 0 Å². The van der Waals surface area contributed by atoms with Crippen LogP contribution in [-0.2, 0) is 9.59 Å². The van der Waals surface area contributed by atoms with E-state index in [0.29, 0.717) is 12.8 Å². The van der Waals surface area contributed by atoms with Gasteiger partial charge in [0.05, 0.1) is 0 Å². The normalized spacial score (nSPS) is 18.0. The molecule has 0 aromatic heterocycles. The van der Waals surface area contributed by atoms with Crippen molar-refractivity contribution in [3.8, 4) is 0 Å². The lowest BCUT2D eigenvalue weighted by atomic mass is 10.2. The molecule has 0 aromatic rings. The predicted octanol–water partition coefficient (Wildman–Crippen LogP) is 1.40. The molecule has 16 heavy (non-hydrogen) atoms. The summed E-state index contributed by atoms with van der Waals surface area (Å²) in [5.74, 6) is -2.45. The number of carbonyl (C=O) groups is 2. The maximum absolute atomic E-state index is 12.0. The molecule has 1 unspecified atom stereocenters. The van der Waals surface area contributed by atoms with Gasteiger partial charge in [-0.2, -0.15) is 13.2 Å². The largest absolute Gasteiger partial charge is 0.480 e. The van der Waals surface area contributed by atoms with Crippen LogP contribution in [0, 0.1) is 0 Å². The molecular weight excluding hydrogens is 227 g/mol. The molecule has 1 aliphatic rings. The first-order valence-corrected chi connectivity index (χ1v) is 4.83. The van der Waals surface area contributed by atoms with Crippen LogP contribution in [0.15, 0.2) is 0 Å². The number of nitrogens with zero attached hydrogens (tertiary/aromatic N) is 1. The number of carboxylic acid groups (broad SMARTS) is 1. The molecule has 1 saturated carbocycles. The Morgan fingerprint density at radius 3 is 2.25 bits per heavy atom. The standard InChI is InChI=1S/C9H12F3NO3/c1-5(8(15)16)13(6-2-3-6)7(14)4-9(10,11)12/h5-6H,2-4H2,1H3,(H,15,16). The molecule has 1 amide bonds. The van der Waals surface area contributed by atoms with Crippen LogP contribution in [0.1, 0.15) is 26.2 Å². The topological polar surface area (TPSA) is 57.6 Å².